The fourth-order valence-electron chi connectivity index (χ4n) is 4.54. The van der Waals surface area contributed by atoms with Crippen molar-refractivity contribution in [2.24, 2.45) is 7.05 Å². The van der Waals surface area contributed by atoms with Crippen LogP contribution >= 0.6 is 0 Å². The van der Waals surface area contributed by atoms with Crippen LogP contribution in [-0.2, 0) is 23.7 Å². The lowest BCUT2D eigenvalue weighted by atomic mass is 9.74. The van der Waals surface area contributed by atoms with Gasteiger partial charge in [-0.05, 0) is 40.8 Å². The Labute approximate surface area is 161 Å². The molecular formula is C24H26N2O. The van der Waals surface area contributed by atoms with Crippen molar-refractivity contribution in [3.8, 4) is 11.1 Å². The van der Waals surface area contributed by atoms with E-state index in [9.17, 15) is 4.79 Å². The number of hydrogen-bond acceptors (Lipinski definition) is 1. The van der Waals surface area contributed by atoms with Gasteiger partial charge in [0, 0.05) is 31.9 Å². The SMILES string of the molecule is CCCC1(C(=O)NCCc2cccn2C)c2ccccc2-c2ccccc21. The van der Waals surface area contributed by atoms with Crippen molar-refractivity contribution in [2.45, 2.75) is 31.6 Å². The highest BCUT2D eigenvalue weighted by Crippen LogP contribution is 2.51. The Kier molecular flexibility index (Phi) is 4.61. The molecule has 0 unspecified atom stereocenters. The van der Waals surface area contributed by atoms with Crippen LogP contribution in [0.15, 0.2) is 66.9 Å². The Morgan fingerprint density at radius 3 is 2.15 bits per heavy atom. The molecule has 0 saturated heterocycles. The van der Waals surface area contributed by atoms with E-state index in [4.69, 9.17) is 0 Å². The van der Waals surface area contributed by atoms with E-state index in [0.717, 1.165) is 30.4 Å². The summed E-state index contributed by atoms with van der Waals surface area (Å²) in [7, 11) is 2.04. The lowest BCUT2D eigenvalue weighted by molar-refractivity contribution is -0.125. The zero-order valence-corrected chi connectivity index (χ0v) is 16.0. The average Bonchev–Trinajstić information content (AvgIpc) is 3.23. The maximum Gasteiger partial charge on any atom is 0.235 e. The molecule has 1 amide bonds. The first-order valence-electron chi connectivity index (χ1n) is 9.76. The molecule has 1 aliphatic carbocycles. The number of benzene rings is 2. The third-order valence-electron chi connectivity index (χ3n) is 5.79. The van der Waals surface area contributed by atoms with E-state index in [1.54, 1.807) is 0 Å². The molecule has 3 aromatic rings. The van der Waals surface area contributed by atoms with Crippen LogP contribution in [0.25, 0.3) is 11.1 Å². The van der Waals surface area contributed by atoms with E-state index in [0.29, 0.717) is 6.54 Å². The van der Waals surface area contributed by atoms with E-state index in [1.807, 2.05) is 31.4 Å². The molecule has 0 atom stereocenters. The average molecular weight is 358 g/mol. The summed E-state index contributed by atoms with van der Waals surface area (Å²) < 4.78 is 2.11. The second kappa shape index (κ2) is 7.07. The molecule has 1 N–H and O–H groups in total. The van der Waals surface area contributed by atoms with Crippen LogP contribution in [0.3, 0.4) is 0 Å². The summed E-state index contributed by atoms with van der Waals surface area (Å²) in [4.78, 5) is 13.6. The summed E-state index contributed by atoms with van der Waals surface area (Å²) in [5.74, 6) is 0.121. The van der Waals surface area contributed by atoms with Gasteiger partial charge in [-0.2, -0.15) is 0 Å². The molecular weight excluding hydrogens is 332 g/mol. The highest BCUT2D eigenvalue weighted by Gasteiger charge is 2.47. The van der Waals surface area contributed by atoms with E-state index in [-0.39, 0.29) is 5.91 Å². The Bertz CT molecular complexity index is 924. The maximum atomic E-state index is 13.6. The first-order chi connectivity index (χ1) is 13.2. The van der Waals surface area contributed by atoms with Crippen LogP contribution in [0.1, 0.15) is 36.6 Å². The summed E-state index contributed by atoms with van der Waals surface area (Å²) in [5, 5.41) is 3.25. The fraction of sp³-hybridized carbons (Fsp3) is 0.292. The summed E-state index contributed by atoms with van der Waals surface area (Å²) >= 11 is 0. The Morgan fingerprint density at radius 2 is 1.59 bits per heavy atom. The molecule has 1 heterocycles. The third kappa shape index (κ3) is 2.78. The largest absolute Gasteiger partial charge is 0.355 e. The van der Waals surface area contributed by atoms with Gasteiger partial charge >= 0.3 is 0 Å². The normalized spacial score (nSPS) is 13.9. The van der Waals surface area contributed by atoms with Crippen molar-refractivity contribution in [3.63, 3.8) is 0 Å². The number of hydrogen-bond donors (Lipinski definition) is 1. The van der Waals surface area contributed by atoms with Crippen LogP contribution in [0, 0.1) is 0 Å². The fourth-order valence-corrected chi connectivity index (χ4v) is 4.54. The molecule has 138 valence electrons. The second-order valence-corrected chi connectivity index (χ2v) is 7.36. The van der Waals surface area contributed by atoms with Gasteiger partial charge in [-0.25, -0.2) is 0 Å². The lowest BCUT2D eigenvalue weighted by Crippen LogP contribution is -2.44. The van der Waals surface area contributed by atoms with Crippen LogP contribution in [-0.4, -0.2) is 17.0 Å². The molecule has 0 aliphatic heterocycles. The minimum Gasteiger partial charge on any atom is -0.355 e. The smallest absolute Gasteiger partial charge is 0.235 e. The second-order valence-electron chi connectivity index (χ2n) is 7.36. The highest BCUT2D eigenvalue weighted by molar-refractivity contribution is 6.00. The molecule has 0 bridgehead atoms. The number of fused-ring (bicyclic) bond motifs is 3. The number of carbonyl (C=O) groups excluding carboxylic acids is 1. The maximum absolute atomic E-state index is 13.6. The Balaban J connectivity index is 1.68. The van der Waals surface area contributed by atoms with Crippen molar-refractivity contribution in [3.05, 3.63) is 83.7 Å². The van der Waals surface area contributed by atoms with Crippen molar-refractivity contribution >= 4 is 5.91 Å². The third-order valence-corrected chi connectivity index (χ3v) is 5.79. The lowest BCUT2D eigenvalue weighted by Gasteiger charge is -2.30. The minimum atomic E-state index is -0.587. The number of aryl methyl sites for hydroxylation is 1. The number of carbonyl (C=O) groups is 1. The molecule has 1 aliphatic rings. The number of amides is 1. The predicted octanol–water partition coefficient (Wildman–Crippen LogP) is 4.45. The number of nitrogens with zero attached hydrogens (tertiary/aromatic N) is 1. The molecule has 3 nitrogen and oxygen atoms in total. The monoisotopic (exact) mass is 358 g/mol. The van der Waals surface area contributed by atoms with E-state index in [2.05, 4.69) is 59.3 Å². The molecule has 3 heteroatoms. The van der Waals surface area contributed by atoms with Crippen molar-refractivity contribution in [2.75, 3.05) is 6.54 Å². The van der Waals surface area contributed by atoms with Gasteiger partial charge in [0.25, 0.3) is 0 Å². The quantitative estimate of drug-likeness (QED) is 0.694. The van der Waals surface area contributed by atoms with Gasteiger partial charge < -0.3 is 9.88 Å². The zero-order valence-electron chi connectivity index (χ0n) is 16.0. The van der Waals surface area contributed by atoms with Gasteiger partial charge in [0.1, 0.15) is 5.41 Å². The minimum absolute atomic E-state index is 0.121. The van der Waals surface area contributed by atoms with Crippen LogP contribution in [0.4, 0.5) is 0 Å². The van der Waals surface area contributed by atoms with E-state index >= 15 is 0 Å². The summed E-state index contributed by atoms with van der Waals surface area (Å²) in [6.45, 7) is 2.80. The van der Waals surface area contributed by atoms with E-state index in [1.165, 1.54) is 16.8 Å². The van der Waals surface area contributed by atoms with Gasteiger partial charge in [0.05, 0.1) is 0 Å². The molecule has 4 rings (SSSR count). The summed E-state index contributed by atoms with van der Waals surface area (Å²) in [6, 6.07) is 20.9. The molecule has 0 saturated carbocycles. The molecule has 0 radical (unpaired) electrons. The van der Waals surface area contributed by atoms with Crippen molar-refractivity contribution in [1.29, 1.82) is 0 Å². The number of nitrogens with one attached hydrogen (secondary N) is 1. The summed E-state index contributed by atoms with van der Waals surface area (Å²) in [5.41, 5.74) is 5.31. The van der Waals surface area contributed by atoms with Gasteiger partial charge in [0.15, 0.2) is 0 Å². The van der Waals surface area contributed by atoms with E-state index < -0.39 is 5.41 Å². The molecule has 2 aromatic carbocycles. The summed E-state index contributed by atoms with van der Waals surface area (Å²) in [6.07, 6.45) is 4.64. The molecule has 0 spiro atoms. The standard InChI is InChI=1S/C24H26N2O/c1-3-15-24(23(27)25-16-14-18-9-8-17-26(18)2)21-12-6-4-10-19(21)20-11-5-7-13-22(20)24/h4-13,17H,3,14-16H2,1-2H3,(H,25,27). The first-order valence-corrected chi connectivity index (χ1v) is 9.76. The van der Waals surface area contributed by atoms with Gasteiger partial charge in [-0.1, -0.05) is 61.9 Å². The van der Waals surface area contributed by atoms with Gasteiger partial charge in [-0.15, -0.1) is 0 Å². The Morgan fingerprint density at radius 1 is 0.963 bits per heavy atom. The number of aromatic nitrogens is 1. The zero-order chi connectivity index (χ0) is 18.9. The first kappa shape index (κ1) is 17.6. The van der Waals surface area contributed by atoms with Crippen molar-refractivity contribution < 1.29 is 4.79 Å². The topological polar surface area (TPSA) is 34.0 Å². The van der Waals surface area contributed by atoms with Gasteiger partial charge in [0.2, 0.25) is 5.91 Å². The van der Waals surface area contributed by atoms with Crippen molar-refractivity contribution in [1.82, 2.24) is 9.88 Å². The molecule has 1 aromatic heterocycles. The molecule has 27 heavy (non-hydrogen) atoms. The van der Waals surface area contributed by atoms with Crippen LogP contribution < -0.4 is 5.32 Å². The molecule has 0 fully saturated rings. The highest BCUT2D eigenvalue weighted by atomic mass is 16.2. The number of rotatable bonds is 6. The Hall–Kier alpha value is -2.81. The van der Waals surface area contributed by atoms with Crippen LogP contribution in [0.5, 0.6) is 0 Å². The predicted molar refractivity (Wildman–Crippen MR) is 110 cm³/mol. The van der Waals surface area contributed by atoms with Gasteiger partial charge in [-0.3, -0.25) is 4.79 Å². The van der Waals surface area contributed by atoms with Crippen LogP contribution in [0.2, 0.25) is 0 Å².